The molecule has 2 aliphatic carbocycles. The molecule has 2 saturated heterocycles. The summed E-state index contributed by atoms with van der Waals surface area (Å²) < 4.78 is 23.2. The second kappa shape index (κ2) is 10.0. The predicted molar refractivity (Wildman–Crippen MR) is 142 cm³/mol. The molecule has 0 saturated carbocycles. The number of piperidine rings is 1. The number of amides is 1. The molecule has 1 amide bonds. The van der Waals surface area contributed by atoms with Crippen LogP contribution in [0.2, 0.25) is 0 Å². The number of nitrogens with one attached hydrogen (secondary N) is 2. The molecule has 11 nitrogen and oxygen atoms in total. The van der Waals surface area contributed by atoms with E-state index in [1.54, 1.807) is 13.2 Å². The summed E-state index contributed by atoms with van der Waals surface area (Å²) in [5, 5.41) is 18.1. The summed E-state index contributed by atoms with van der Waals surface area (Å²) in [6.07, 6.45) is 3.11. The highest BCUT2D eigenvalue weighted by Crippen LogP contribution is 2.65. The molecule has 0 radical (unpaired) electrons. The Bertz CT molecular complexity index is 1260. The SMILES string of the molecule is COc1ccc2c3c1O[C@H]1C(OC(=O)[C@H](C)OC(=O)CCNC(=O)[C@@H]4CCCN4)=CC[C@@]4(O)[C@@H](C2)N(C)CC[C@]314. The van der Waals surface area contributed by atoms with Crippen LogP contribution in [0.25, 0.3) is 0 Å². The number of aliphatic hydroxyl groups is 1. The van der Waals surface area contributed by atoms with Crippen molar-refractivity contribution in [2.45, 2.75) is 80.8 Å². The van der Waals surface area contributed by atoms with Crippen LogP contribution >= 0.6 is 0 Å². The van der Waals surface area contributed by atoms with E-state index in [0.717, 1.165) is 37.1 Å². The molecule has 1 spiro atoms. The van der Waals surface area contributed by atoms with Crippen LogP contribution in [0.5, 0.6) is 11.5 Å². The molecule has 0 unspecified atom stereocenters. The molecule has 3 aliphatic heterocycles. The van der Waals surface area contributed by atoms with Gasteiger partial charge >= 0.3 is 11.9 Å². The first-order valence-corrected chi connectivity index (χ1v) is 14.1. The number of carbonyl (C=O) groups is 3. The van der Waals surface area contributed by atoms with E-state index in [1.165, 1.54) is 6.92 Å². The molecule has 6 rings (SSSR count). The molecule has 40 heavy (non-hydrogen) atoms. The number of likely N-dealkylation sites (tertiary alicyclic amines) is 1. The van der Waals surface area contributed by atoms with Crippen LogP contribution in [-0.4, -0.2) is 91.5 Å². The van der Waals surface area contributed by atoms with Crippen molar-refractivity contribution in [2.75, 3.05) is 33.8 Å². The number of hydrogen-bond donors (Lipinski definition) is 3. The Kier molecular flexibility index (Phi) is 6.79. The molecule has 1 aromatic rings. The molecular formula is C29H37N3O8. The lowest BCUT2D eigenvalue weighted by molar-refractivity contribution is -0.175. The standard InChI is InChI=1S/C29H37N3O8/c1-16(38-22(33)9-13-31-26(34)18-5-4-12-30-18)27(35)39-20-8-10-29(36)21-15-17-6-7-19(37-3)24-23(17)28(29,25(20)40-24)11-14-32(21)2/h6-8,16,18,21,25,30,36H,4-5,9-15H2,1-3H3,(H,31,34)/t16-,18-,21+,25-,28-,29+/m0/s1. The van der Waals surface area contributed by atoms with E-state index in [9.17, 15) is 19.5 Å². The molecular weight excluding hydrogens is 518 g/mol. The highest BCUT2D eigenvalue weighted by Gasteiger charge is 2.72. The van der Waals surface area contributed by atoms with Crippen molar-refractivity contribution >= 4 is 17.8 Å². The highest BCUT2D eigenvalue weighted by molar-refractivity contribution is 5.83. The van der Waals surface area contributed by atoms with Gasteiger partial charge in [0.1, 0.15) is 5.76 Å². The molecule has 3 heterocycles. The number of ether oxygens (including phenoxy) is 4. The number of methoxy groups -OCH3 is 1. The highest BCUT2D eigenvalue weighted by atomic mass is 16.6. The smallest absolute Gasteiger partial charge is 0.352 e. The number of carbonyl (C=O) groups excluding carboxylic acids is 3. The molecule has 0 aromatic heterocycles. The fraction of sp³-hybridized carbons (Fsp3) is 0.621. The lowest BCUT2D eigenvalue weighted by Gasteiger charge is -2.61. The molecule has 5 aliphatic rings. The Morgan fingerprint density at radius 3 is 2.90 bits per heavy atom. The topological polar surface area (TPSA) is 136 Å². The molecule has 3 N–H and O–H groups in total. The lowest BCUT2D eigenvalue weighted by Crippen LogP contribution is -2.74. The number of nitrogens with zero attached hydrogens (tertiary/aromatic N) is 1. The fourth-order valence-corrected chi connectivity index (χ4v) is 7.41. The summed E-state index contributed by atoms with van der Waals surface area (Å²) in [6.45, 7) is 3.14. The van der Waals surface area contributed by atoms with E-state index in [1.807, 2.05) is 19.2 Å². The van der Waals surface area contributed by atoms with E-state index in [0.29, 0.717) is 36.5 Å². The van der Waals surface area contributed by atoms with Crippen molar-refractivity contribution < 1.29 is 38.4 Å². The summed E-state index contributed by atoms with van der Waals surface area (Å²) in [5.74, 6) is -0.0109. The van der Waals surface area contributed by atoms with Crippen LogP contribution in [0, 0.1) is 0 Å². The van der Waals surface area contributed by atoms with Crippen LogP contribution in [0.15, 0.2) is 24.0 Å². The molecule has 11 heteroatoms. The van der Waals surface area contributed by atoms with Gasteiger partial charge in [-0.05, 0) is 70.5 Å². The number of hydrogen-bond acceptors (Lipinski definition) is 10. The van der Waals surface area contributed by atoms with Gasteiger partial charge in [-0.15, -0.1) is 0 Å². The normalized spacial score (nSPS) is 32.3. The Hall–Kier alpha value is -3.15. The van der Waals surface area contributed by atoms with Crippen LogP contribution in [0.3, 0.4) is 0 Å². The van der Waals surface area contributed by atoms with Gasteiger partial charge in [0.25, 0.3) is 0 Å². The first kappa shape index (κ1) is 27.0. The second-order valence-electron chi connectivity index (χ2n) is 11.5. The van der Waals surface area contributed by atoms with Crippen LogP contribution < -0.4 is 20.1 Å². The average molecular weight is 556 g/mol. The summed E-state index contributed by atoms with van der Waals surface area (Å²) in [7, 11) is 3.61. The summed E-state index contributed by atoms with van der Waals surface area (Å²) in [5.41, 5.74) is 0.143. The number of likely N-dealkylation sites (N-methyl/N-ethyl adjacent to an activating group) is 1. The maximum Gasteiger partial charge on any atom is 0.352 e. The summed E-state index contributed by atoms with van der Waals surface area (Å²) in [6, 6.07) is 3.58. The van der Waals surface area contributed by atoms with Crippen molar-refractivity contribution in [3.05, 3.63) is 35.1 Å². The van der Waals surface area contributed by atoms with Crippen LogP contribution in [0.4, 0.5) is 0 Å². The Balaban J connectivity index is 1.15. The molecule has 6 atom stereocenters. The third-order valence-electron chi connectivity index (χ3n) is 9.42. The van der Waals surface area contributed by atoms with Gasteiger partial charge in [0, 0.05) is 24.6 Å². The minimum absolute atomic E-state index is 0.0621. The second-order valence-corrected chi connectivity index (χ2v) is 11.5. The molecule has 1 aromatic carbocycles. The van der Waals surface area contributed by atoms with Gasteiger partial charge < -0.3 is 39.6 Å². The number of rotatable bonds is 8. The minimum atomic E-state index is -1.16. The average Bonchev–Trinajstić information content (AvgIpc) is 3.59. The van der Waals surface area contributed by atoms with Crippen molar-refractivity contribution in [1.29, 1.82) is 0 Å². The van der Waals surface area contributed by atoms with Gasteiger partial charge in [0.2, 0.25) is 5.91 Å². The monoisotopic (exact) mass is 555 g/mol. The lowest BCUT2D eigenvalue weighted by atomic mass is 9.50. The van der Waals surface area contributed by atoms with Crippen molar-refractivity contribution in [2.24, 2.45) is 0 Å². The Morgan fingerprint density at radius 2 is 2.15 bits per heavy atom. The zero-order valence-corrected chi connectivity index (χ0v) is 23.2. The van der Waals surface area contributed by atoms with Gasteiger partial charge in [-0.3, -0.25) is 9.59 Å². The molecule has 2 fully saturated rings. The Morgan fingerprint density at radius 1 is 1.32 bits per heavy atom. The summed E-state index contributed by atoms with van der Waals surface area (Å²) in [4.78, 5) is 39.8. The van der Waals surface area contributed by atoms with Gasteiger partial charge in [-0.25, -0.2) is 4.79 Å². The van der Waals surface area contributed by atoms with Gasteiger partial charge in [-0.1, -0.05) is 6.07 Å². The van der Waals surface area contributed by atoms with Gasteiger partial charge in [-0.2, -0.15) is 0 Å². The van der Waals surface area contributed by atoms with Gasteiger partial charge in [0.15, 0.2) is 23.7 Å². The predicted octanol–water partition coefficient (Wildman–Crippen LogP) is 0.706. The molecule has 216 valence electrons. The zero-order chi connectivity index (χ0) is 28.2. The third-order valence-corrected chi connectivity index (χ3v) is 9.42. The Labute approximate surface area is 233 Å². The zero-order valence-electron chi connectivity index (χ0n) is 23.2. The first-order valence-electron chi connectivity index (χ1n) is 14.1. The van der Waals surface area contributed by atoms with E-state index >= 15 is 0 Å². The number of benzene rings is 1. The van der Waals surface area contributed by atoms with Crippen molar-refractivity contribution in [3.63, 3.8) is 0 Å². The van der Waals surface area contributed by atoms with Gasteiger partial charge in [0.05, 0.1) is 30.6 Å². The fourth-order valence-electron chi connectivity index (χ4n) is 7.41. The molecule has 2 bridgehead atoms. The third kappa shape index (κ3) is 4.01. The van der Waals surface area contributed by atoms with Crippen LogP contribution in [-0.2, 0) is 35.7 Å². The first-order chi connectivity index (χ1) is 19.2. The van der Waals surface area contributed by atoms with E-state index in [-0.39, 0.29) is 31.0 Å². The minimum Gasteiger partial charge on any atom is -0.493 e. The van der Waals surface area contributed by atoms with E-state index in [2.05, 4.69) is 15.5 Å². The van der Waals surface area contributed by atoms with Crippen molar-refractivity contribution in [3.8, 4) is 11.5 Å². The summed E-state index contributed by atoms with van der Waals surface area (Å²) >= 11 is 0. The van der Waals surface area contributed by atoms with E-state index < -0.39 is 35.2 Å². The largest absolute Gasteiger partial charge is 0.493 e. The van der Waals surface area contributed by atoms with Crippen molar-refractivity contribution in [1.82, 2.24) is 15.5 Å². The maximum absolute atomic E-state index is 13.1. The quantitative estimate of drug-likeness (QED) is 0.394. The maximum atomic E-state index is 13.1. The van der Waals surface area contributed by atoms with Crippen LogP contribution in [0.1, 0.15) is 50.2 Å². The number of esters is 2. The van der Waals surface area contributed by atoms with E-state index in [4.69, 9.17) is 18.9 Å².